The first-order valence-corrected chi connectivity index (χ1v) is 5.95. The van der Waals surface area contributed by atoms with Crippen molar-refractivity contribution in [3.05, 3.63) is 0 Å². The molecule has 0 aliphatic carbocycles. The van der Waals surface area contributed by atoms with E-state index in [9.17, 15) is 4.79 Å². The molecule has 2 aliphatic heterocycles. The average molecular weight is 211 g/mol. The fraction of sp³-hybridized carbons (Fsp3) is 0.909. The number of carbonyl (C=O) groups excluding carboxylic acids is 1. The van der Waals surface area contributed by atoms with Crippen LogP contribution in [-0.4, -0.2) is 61.5 Å². The van der Waals surface area contributed by atoms with E-state index in [0.717, 1.165) is 26.2 Å². The van der Waals surface area contributed by atoms with Crippen LogP contribution in [-0.2, 0) is 4.79 Å². The van der Waals surface area contributed by atoms with Crippen LogP contribution in [0.5, 0.6) is 0 Å². The van der Waals surface area contributed by atoms with Crippen LogP contribution in [0.3, 0.4) is 0 Å². The molecule has 4 nitrogen and oxygen atoms in total. The molecular formula is C11H21N3O. The van der Waals surface area contributed by atoms with Crippen LogP contribution in [0.15, 0.2) is 0 Å². The Kier molecular flexibility index (Phi) is 3.59. The Balaban J connectivity index is 1.80. The van der Waals surface area contributed by atoms with Gasteiger partial charge in [-0.3, -0.25) is 9.69 Å². The highest BCUT2D eigenvalue weighted by Gasteiger charge is 2.24. The average Bonchev–Trinajstić information content (AvgIpc) is 2.24. The lowest BCUT2D eigenvalue weighted by Crippen LogP contribution is -2.53. The fourth-order valence-corrected chi connectivity index (χ4v) is 2.37. The Bertz CT molecular complexity index is 226. The number of likely N-dealkylation sites (N-methyl/N-ethyl adjacent to an activating group) is 1. The van der Waals surface area contributed by atoms with Crippen LogP contribution in [0.4, 0.5) is 0 Å². The van der Waals surface area contributed by atoms with E-state index < -0.39 is 0 Å². The van der Waals surface area contributed by atoms with Gasteiger partial charge in [-0.25, -0.2) is 0 Å². The van der Waals surface area contributed by atoms with Crippen molar-refractivity contribution in [2.24, 2.45) is 0 Å². The number of nitrogens with zero attached hydrogens (tertiary/aromatic N) is 2. The maximum atomic E-state index is 11.7. The molecule has 15 heavy (non-hydrogen) atoms. The Labute approximate surface area is 91.6 Å². The SMILES string of the molecule is CN1CCN(CC2CCCCN2)C(=O)C1. The lowest BCUT2D eigenvalue weighted by molar-refractivity contribution is -0.135. The molecule has 2 fully saturated rings. The Morgan fingerprint density at radius 3 is 2.93 bits per heavy atom. The third-order valence-electron chi connectivity index (χ3n) is 3.36. The standard InChI is InChI=1S/C11H21N3O/c1-13-6-7-14(11(15)9-13)8-10-4-2-3-5-12-10/h10,12H,2-9H2,1H3. The van der Waals surface area contributed by atoms with Crippen molar-refractivity contribution in [3.63, 3.8) is 0 Å². The summed E-state index contributed by atoms with van der Waals surface area (Å²) in [5.41, 5.74) is 0. The lowest BCUT2D eigenvalue weighted by Gasteiger charge is -2.35. The van der Waals surface area contributed by atoms with E-state index in [0.29, 0.717) is 12.6 Å². The zero-order valence-electron chi connectivity index (χ0n) is 9.54. The van der Waals surface area contributed by atoms with Crippen molar-refractivity contribution < 1.29 is 4.79 Å². The summed E-state index contributed by atoms with van der Waals surface area (Å²) in [5, 5.41) is 3.49. The molecule has 2 rings (SSSR count). The van der Waals surface area contributed by atoms with Crippen molar-refractivity contribution >= 4 is 5.91 Å². The van der Waals surface area contributed by atoms with E-state index >= 15 is 0 Å². The largest absolute Gasteiger partial charge is 0.339 e. The molecule has 0 spiro atoms. The molecule has 0 aromatic heterocycles. The summed E-state index contributed by atoms with van der Waals surface area (Å²) in [6.07, 6.45) is 3.81. The summed E-state index contributed by atoms with van der Waals surface area (Å²) in [6.45, 7) is 4.53. The maximum Gasteiger partial charge on any atom is 0.236 e. The van der Waals surface area contributed by atoms with Gasteiger partial charge in [0.1, 0.15) is 0 Å². The van der Waals surface area contributed by atoms with Gasteiger partial charge in [-0.05, 0) is 26.4 Å². The van der Waals surface area contributed by atoms with Crippen molar-refractivity contribution in [1.29, 1.82) is 0 Å². The first-order valence-electron chi connectivity index (χ1n) is 5.95. The predicted octanol–water partition coefficient (Wildman–Crippen LogP) is -0.0975. The van der Waals surface area contributed by atoms with Crippen LogP contribution in [0.25, 0.3) is 0 Å². The van der Waals surface area contributed by atoms with Crippen molar-refractivity contribution in [1.82, 2.24) is 15.1 Å². The van der Waals surface area contributed by atoms with Gasteiger partial charge in [-0.2, -0.15) is 0 Å². The van der Waals surface area contributed by atoms with Gasteiger partial charge in [0.15, 0.2) is 0 Å². The first-order chi connectivity index (χ1) is 7.25. The fourth-order valence-electron chi connectivity index (χ4n) is 2.37. The summed E-state index contributed by atoms with van der Waals surface area (Å²) in [7, 11) is 2.01. The normalized spacial score (nSPS) is 29.5. The topological polar surface area (TPSA) is 35.6 Å². The molecule has 86 valence electrons. The Hall–Kier alpha value is -0.610. The summed E-state index contributed by atoms with van der Waals surface area (Å²) >= 11 is 0. The Morgan fingerprint density at radius 1 is 1.40 bits per heavy atom. The van der Waals surface area contributed by atoms with Crippen LogP contribution in [0.1, 0.15) is 19.3 Å². The van der Waals surface area contributed by atoms with Crippen LogP contribution in [0.2, 0.25) is 0 Å². The molecule has 2 heterocycles. The molecule has 0 aromatic rings. The number of amides is 1. The molecule has 0 aromatic carbocycles. The van der Waals surface area contributed by atoms with Crippen molar-refractivity contribution in [2.75, 3.05) is 39.8 Å². The van der Waals surface area contributed by atoms with Gasteiger partial charge in [-0.15, -0.1) is 0 Å². The first kappa shape index (κ1) is 10.9. The van der Waals surface area contributed by atoms with Gasteiger partial charge in [-0.1, -0.05) is 6.42 Å². The van der Waals surface area contributed by atoms with Gasteiger partial charge >= 0.3 is 0 Å². The second-order valence-corrected chi connectivity index (χ2v) is 4.72. The maximum absolute atomic E-state index is 11.7. The summed E-state index contributed by atoms with van der Waals surface area (Å²) in [5.74, 6) is 0.288. The predicted molar refractivity (Wildman–Crippen MR) is 59.7 cm³/mol. The Morgan fingerprint density at radius 2 is 2.27 bits per heavy atom. The summed E-state index contributed by atoms with van der Waals surface area (Å²) < 4.78 is 0. The molecule has 0 saturated carbocycles. The van der Waals surface area contributed by atoms with Crippen LogP contribution < -0.4 is 5.32 Å². The number of rotatable bonds is 2. The highest BCUT2D eigenvalue weighted by Crippen LogP contribution is 2.10. The van der Waals surface area contributed by atoms with E-state index in [1.54, 1.807) is 0 Å². The minimum atomic E-state index is 0.288. The van der Waals surface area contributed by atoms with E-state index in [-0.39, 0.29) is 5.91 Å². The number of piperazine rings is 1. The number of piperidine rings is 1. The lowest BCUT2D eigenvalue weighted by atomic mass is 10.0. The molecule has 2 saturated heterocycles. The minimum absolute atomic E-state index is 0.288. The third kappa shape index (κ3) is 2.92. The molecule has 4 heteroatoms. The number of nitrogens with one attached hydrogen (secondary N) is 1. The summed E-state index contributed by atoms with van der Waals surface area (Å²) in [6, 6.07) is 0.533. The van der Waals surface area contributed by atoms with Crippen molar-refractivity contribution in [2.45, 2.75) is 25.3 Å². The molecule has 1 amide bonds. The van der Waals surface area contributed by atoms with E-state index in [1.165, 1.54) is 19.3 Å². The van der Waals surface area contributed by atoms with Crippen molar-refractivity contribution in [3.8, 4) is 0 Å². The van der Waals surface area contributed by atoms with Gasteiger partial charge in [0.2, 0.25) is 5.91 Å². The zero-order valence-corrected chi connectivity index (χ0v) is 9.54. The van der Waals surface area contributed by atoms with Gasteiger partial charge in [0, 0.05) is 25.7 Å². The van der Waals surface area contributed by atoms with E-state index in [4.69, 9.17) is 0 Å². The number of hydrogen-bond donors (Lipinski definition) is 1. The molecule has 1 unspecified atom stereocenters. The quantitative estimate of drug-likeness (QED) is 0.693. The molecule has 0 bridgehead atoms. The smallest absolute Gasteiger partial charge is 0.236 e. The van der Waals surface area contributed by atoms with Crippen LogP contribution >= 0.6 is 0 Å². The summed E-state index contributed by atoms with van der Waals surface area (Å²) in [4.78, 5) is 15.8. The minimum Gasteiger partial charge on any atom is -0.339 e. The molecule has 2 aliphatic rings. The molecule has 1 atom stereocenters. The van der Waals surface area contributed by atoms with Gasteiger partial charge in [0.25, 0.3) is 0 Å². The van der Waals surface area contributed by atoms with Crippen LogP contribution in [0, 0.1) is 0 Å². The highest BCUT2D eigenvalue weighted by molar-refractivity contribution is 5.79. The number of hydrogen-bond acceptors (Lipinski definition) is 3. The molecule has 1 N–H and O–H groups in total. The van der Waals surface area contributed by atoms with E-state index in [2.05, 4.69) is 10.2 Å². The van der Waals surface area contributed by atoms with E-state index in [1.807, 2.05) is 11.9 Å². The highest BCUT2D eigenvalue weighted by atomic mass is 16.2. The third-order valence-corrected chi connectivity index (χ3v) is 3.36. The molecule has 0 radical (unpaired) electrons. The second-order valence-electron chi connectivity index (χ2n) is 4.72. The van der Waals surface area contributed by atoms with Gasteiger partial charge < -0.3 is 10.2 Å². The number of carbonyl (C=O) groups is 1. The molecular weight excluding hydrogens is 190 g/mol. The monoisotopic (exact) mass is 211 g/mol. The van der Waals surface area contributed by atoms with Gasteiger partial charge in [0.05, 0.1) is 6.54 Å². The second kappa shape index (κ2) is 4.94. The zero-order chi connectivity index (χ0) is 10.7.